The Morgan fingerprint density at radius 3 is 2.65 bits per heavy atom. The molecule has 94 valence electrons. The number of carbonyl (C=O) groups excluding carboxylic acids is 1. The predicted molar refractivity (Wildman–Crippen MR) is 69.5 cm³/mol. The molecule has 0 bridgehead atoms. The van der Waals surface area contributed by atoms with Crippen LogP contribution in [0.25, 0.3) is 0 Å². The summed E-state index contributed by atoms with van der Waals surface area (Å²) < 4.78 is 0. The second-order valence-corrected chi connectivity index (χ2v) is 4.41. The van der Waals surface area contributed by atoms with E-state index in [1.54, 1.807) is 0 Å². The average Bonchev–Trinajstić information content (AvgIpc) is 2.31. The topological polar surface area (TPSA) is 75.3 Å². The van der Waals surface area contributed by atoms with Gasteiger partial charge < -0.3 is 16.2 Å². The van der Waals surface area contributed by atoms with E-state index in [0.717, 1.165) is 0 Å². The highest BCUT2D eigenvalue weighted by Gasteiger charge is 2.14. The maximum atomic E-state index is 11.8. The number of anilines is 1. The molecule has 0 saturated heterocycles. The third-order valence-corrected chi connectivity index (χ3v) is 3.18. The van der Waals surface area contributed by atoms with E-state index in [2.05, 4.69) is 5.32 Å². The van der Waals surface area contributed by atoms with Crippen LogP contribution in [0.4, 0.5) is 5.69 Å². The lowest BCUT2D eigenvalue weighted by molar-refractivity contribution is 0.0915. The SMILES string of the molecule is CCC(CO)NC(=O)c1cc(N)c(Cl)c(Cl)c1. The second kappa shape index (κ2) is 6.10. The lowest BCUT2D eigenvalue weighted by atomic mass is 10.1. The normalized spacial score (nSPS) is 12.2. The summed E-state index contributed by atoms with van der Waals surface area (Å²) in [7, 11) is 0. The molecule has 1 amide bonds. The van der Waals surface area contributed by atoms with Crippen LogP contribution in [0.5, 0.6) is 0 Å². The van der Waals surface area contributed by atoms with Gasteiger partial charge in [-0.2, -0.15) is 0 Å². The molecule has 1 rings (SSSR count). The molecule has 1 unspecified atom stereocenters. The van der Waals surface area contributed by atoms with Gasteiger partial charge >= 0.3 is 0 Å². The number of hydrogen-bond acceptors (Lipinski definition) is 3. The first-order valence-electron chi connectivity index (χ1n) is 5.15. The minimum Gasteiger partial charge on any atom is -0.397 e. The van der Waals surface area contributed by atoms with Crippen molar-refractivity contribution in [2.45, 2.75) is 19.4 Å². The van der Waals surface area contributed by atoms with Crippen molar-refractivity contribution in [2.24, 2.45) is 0 Å². The Balaban J connectivity index is 2.90. The molecule has 0 saturated carbocycles. The molecular formula is C11H14Cl2N2O2. The number of amides is 1. The van der Waals surface area contributed by atoms with Gasteiger partial charge in [-0.3, -0.25) is 4.79 Å². The van der Waals surface area contributed by atoms with E-state index in [4.69, 9.17) is 34.0 Å². The number of aliphatic hydroxyl groups excluding tert-OH is 1. The quantitative estimate of drug-likeness (QED) is 0.737. The molecule has 0 aliphatic rings. The number of carbonyl (C=O) groups is 1. The molecule has 0 spiro atoms. The Kier molecular flexibility index (Phi) is 5.05. The van der Waals surface area contributed by atoms with E-state index >= 15 is 0 Å². The van der Waals surface area contributed by atoms with Crippen molar-refractivity contribution in [1.82, 2.24) is 5.32 Å². The summed E-state index contributed by atoms with van der Waals surface area (Å²) in [6, 6.07) is 2.62. The van der Waals surface area contributed by atoms with Crippen molar-refractivity contribution in [1.29, 1.82) is 0 Å². The Bertz CT molecular complexity index is 397. The van der Waals surface area contributed by atoms with Crippen LogP contribution in [0, 0.1) is 0 Å². The molecule has 4 N–H and O–H groups in total. The van der Waals surface area contributed by atoms with Crippen molar-refractivity contribution >= 4 is 34.8 Å². The van der Waals surface area contributed by atoms with Crippen LogP contribution < -0.4 is 11.1 Å². The molecule has 1 atom stereocenters. The lowest BCUT2D eigenvalue weighted by Crippen LogP contribution is -2.36. The number of hydrogen-bond donors (Lipinski definition) is 3. The van der Waals surface area contributed by atoms with Crippen molar-refractivity contribution < 1.29 is 9.90 Å². The zero-order chi connectivity index (χ0) is 13.0. The Labute approximate surface area is 110 Å². The summed E-state index contributed by atoms with van der Waals surface area (Å²) in [5.41, 5.74) is 6.18. The maximum Gasteiger partial charge on any atom is 0.251 e. The number of benzene rings is 1. The van der Waals surface area contributed by atoms with E-state index < -0.39 is 0 Å². The van der Waals surface area contributed by atoms with Gasteiger partial charge in [-0.25, -0.2) is 0 Å². The molecular weight excluding hydrogens is 263 g/mol. The summed E-state index contributed by atoms with van der Waals surface area (Å²) in [5, 5.41) is 12.1. The number of halogens is 2. The van der Waals surface area contributed by atoms with Gasteiger partial charge in [0.05, 0.1) is 28.4 Å². The summed E-state index contributed by atoms with van der Waals surface area (Å²) in [4.78, 5) is 11.8. The van der Waals surface area contributed by atoms with E-state index in [9.17, 15) is 4.79 Å². The molecule has 0 heterocycles. The van der Waals surface area contributed by atoms with Crippen LogP contribution in [0.15, 0.2) is 12.1 Å². The Hall–Kier alpha value is -0.970. The number of nitrogen functional groups attached to an aromatic ring is 1. The number of rotatable bonds is 4. The van der Waals surface area contributed by atoms with Crippen molar-refractivity contribution in [3.63, 3.8) is 0 Å². The molecule has 0 fully saturated rings. The van der Waals surface area contributed by atoms with Crippen LogP contribution in [-0.4, -0.2) is 23.7 Å². The van der Waals surface area contributed by atoms with Crippen LogP contribution >= 0.6 is 23.2 Å². The summed E-state index contributed by atoms with van der Waals surface area (Å²) in [5.74, 6) is -0.337. The first-order chi connectivity index (χ1) is 7.99. The Morgan fingerprint density at radius 2 is 2.18 bits per heavy atom. The first-order valence-corrected chi connectivity index (χ1v) is 5.91. The van der Waals surface area contributed by atoms with Crippen LogP contribution in [0.3, 0.4) is 0 Å². The molecule has 0 aliphatic heterocycles. The van der Waals surface area contributed by atoms with Crippen LogP contribution in [-0.2, 0) is 0 Å². The highest BCUT2D eigenvalue weighted by atomic mass is 35.5. The highest BCUT2D eigenvalue weighted by Crippen LogP contribution is 2.29. The fraction of sp³-hybridized carbons (Fsp3) is 0.364. The zero-order valence-corrected chi connectivity index (χ0v) is 10.8. The molecule has 0 radical (unpaired) electrons. The fourth-order valence-electron chi connectivity index (χ4n) is 1.29. The van der Waals surface area contributed by atoms with Crippen LogP contribution in [0.1, 0.15) is 23.7 Å². The third kappa shape index (κ3) is 3.49. The van der Waals surface area contributed by atoms with E-state index in [1.165, 1.54) is 12.1 Å². The molecule has 4 nitrogen and oxygen atoms in total. The van der Waals surface area contributed by atoms with Gasteiger partial charge in [0.2, 0.25) is 0 Å². The van der Waals surface area contributed by atoms with Crippen molar-refractivity contribution in [2.75, 3.05) is 12.3 Å². The summed E-state index contributed by atoms with van der Waals surface area (Å²) >= 11 is 11.6. The minimum atomic E-state index is -0.337. The minimum absolute atomic E-state index is 0.112. The molecule has 1 aromatic carbocycles. The fourth-order valence-corrected chi connectivity index (χ4v) is 1.62. The molecule has 1 aromatic rings. The monoisotopic (exact) mass is 276 g/mol. The van der Waals surface area contributed by atoms with Gasteiger partial charge in [0.15, 0.2) is 0 Å². The first kappa shape index (κ1) is 14.1. The van der Waals surface area contributed by atoms with Crippen molar-refractivity contribution in [3.05, 3.63) is 27.7 Å². The highest BCUT2D eigenvalue weighted by molar-refractivity contribution is 6.43. The molecule has 17 heavy (non-hydrogen) atoms. The van der Waals surface area contributed by atoms with E-state index in [0.29, 0.717) is 12.0 Å². The zero-order valence-electron chi connectivity index (χ0n) is 9.34. The second-order valence-electron chi connectivity index (χ2n) is 3.62. The number of nitrogens with one attached hydrogen (secondary N) is 1. The average molecular weight is 277 g/mol. The van der Waals surface area contributed by atoms with Gasteiger partial charge in [0.1, 0.15) is 0 Å². The maximum absolute atomic E-state index is 11.8. The van der Waals surface area contributed by atoms with Gasteiger partial charge in [0, 0.05) is 5.56 Å². The van der Waals surface area contributed by atoms with E-state index in [1.807, 2.05) is 6.92 Å². The standard InChI is InChI=1S/C11H14Cl2N2O2/c1-2-7(5-16)15-11(17)6-3-8(12)10(13)9(14)4-6/h3-4,7,16H,2,5,14H2,1H3,(H,15,17). The molecule has 6 heteroatoms. The summed E-state index contributed by atoms with van der Waals surface area (Å²) in [6.07, 6.45) is 0.638. The lowest BCUT2D eigenvalue weighted by Gasteiger charge is -2.14. The molecule has 0 aromatic heterocycles. The largest absolute Gasteiger partial charge is 0.397 e. The van der Waals surface area contributed by atoms with Crippen LogP contribution in [0.2, 0.25) is 10.0 Å². The smallest absolute Gasteiger partial charge is 0.251 e. The van der Waals surface area contributed by atoms with Gasteiger partial charge in [-0.1, -0.05) is 30.1 Å². The molecule has 0 aliphatic carbocycles. The van der Waals surface area contributed by atoms with Gasteiger partial charge in [-0.15, -0.1) is 0 Å². The van der Waals surface area contributed by atoms with Gasteiger partial charge in [0.25, 0.3) is 5.91 Å². The van der Waals surface area contributed by atoms with E-state index in [-0.39, 0.29) is 34.3 Å². The summed E-state index contributed by atoms with van der Waals surface area (Å²) in [6.45, 7) is 1.75. The Morgan fingerprint density at radius 1 is 1.53 bits per heavy atom. The predicted octanol–water partition coefficient (Wildman–Crippen LogP) is 2.08. The third-order valence-electron chi connectivity index (χ3n) is 2.37. The van der Waals surface area contributed by atoms with Crippen molar-refractivity contribution in [3.8, 4) is 0 Å². The number of nitrogens with two attached hydrogens (primary N) is 1. The van der Waals surface area contributed by atoms with Gasteiger partial charge in [-0.05, 0) is 18.6 Å². The number of aliphatic hydroxyl groups is 1.